The average molecular weight is 255 g/mol. The molecule has 2 N–H and O–H groups in total. The van der Waals surface area contributed by atoms with Gasteiger partial charge in [-0.15, -0.1) is 0 Å². The van der Waals surface area contributed by atoms with E-state index in [1.165, 1.54) is 6.92 Å². The Balaban J connectivity index is 1.71. The van der Waals surface area contributed by atoms with E-state index in [1.54, 1.807) is 4.90 Å². The lowest BCUT2D eigenvalue weighted by atomic mass is 10.0. The zero-order chi connectivity index (χ0) is 13.2. The quantitative estimate of drug-likeness (QED) is 0.683. The first-order chi connectivity index (χ1) is 8.48. The summed E-state index contributed by atoms with van der Waals surface area (Å²) in [6, 6.07) is 0.0902. The summed E-state index contributed by atoms with van der Waals surface area (Å²) in [5.41, 5.74) is -0.188. The molecule has 0 spiro atoms. The zero-order valence-electron chi connectivity index (χ0n) is 11.0. The molecule has 2 aliphatic heterocycles. The van der Waals surface area contributed by atoms with Crippen molar-refractivity contribution in [2.45, 2.75) is 31.9 Å². The van der Waals surface area contributed by atoms with Gasteiger partial charge in [-0.05, 0) is 13.3 Å². The molecule has 0 aromatic carbocycles. The van der Waals surface area contributed by atoms with E-state index in [1.807, 2.05) is 6.92 Å². The van der Waals surface area contributed by atoms with Gasteiger partial charge < -0.3 is 20.3 Å². The van der Waals surface area contributed by atoms with Crippen molar-refractivity contribution >= 4 is 11.8 Å². The molecule has 102 valence electrons. The summed E-state index contributed by atoms with van der Waals surface area (Å²) >= 11 is 0. The molecule has 18 heavy (non-hydrogen) atoms. The van der Waals surface area contributed by atoms with Crippen molar-refractivity contribution in [2.75, 3.05) is 32.8 Å². The highest BCUT2D eigenvalue weighted by Crippen LogP contribution is 2.16. The van der Waals surface area contributed by atoms with Gasteiger partial charge in [0.25, 0.3) is 0 Å². The van der Waals surface area contributed by atoms with Gasteiger partial charge in [0.1, 0.15) is 6.61 Å². The van der Waals surface area contributed by atoms with Gasteiger partial charge in [-0.25, -0.2) is 0 Å². The molecule has 6 heteroatoms. The lowest BCUT2D eigenvalue weighted by Crippen LogP contribution is -2.59. The Bertz CT molecular complexity index is 341. The highest BCUT2D eigenvalue weighted by atomic mass is 16.5. The maximum atomic E-state index is 11.9. The number of amides is 2. The predicted octanol–water partition coefficient (Wildman–Crippen LogP) is -0.898. The Kier molecular flexibility index (Phi) is 3.87. The van der Waals surface area contributed by atoms with E-state index >= 15 is 0 Å². The van der Waals surface area contributed by atoms with Crippen LogP contribution in [-0.2, 0) is 14.3 Å². The second-order valence-corrected chi connectivity index (χ2v) is 5.37. The molecule has 0 bridgehead atoms. The van der Waals surface area contributed by atoms with E-state index in [-0.39, 0.29) is 30.1 Å². The molecule has 2 aliphatic rings. The minimum atomic E-state index is -0.188. The van der Waals surface area contributed by atoms with Crippen molar-refractivity contribution in [3.63, 3.8) is 0 Å². The number of likely N-dealkylation sites (tertiary alicyclic amines) is 1. The van der Waals surface area contributed by atoms with Crippen molar-refractivity contribution in [3.8, 4) is 0 Å². The van der Waals surface area contributed by atoms with Crippen LogP contribution in [0.15, 0.2) is 0 Å². The van der Waals surface area contributed by atoms with Gasteiger partial charge >= 0.3 is 0 Å². The molecular formula is C12H21N3O3. The van der Waals surface area contributed by atoms with E-state index in [4.69, 9.17) is 4.74 Å². The molecule has 0 aromatic heterocycles. The average Bonchev–Trinajstić information content (AvgIpc) is 2.70. The Morgan fingerprint density at radius 3 is 2.78 bits per heavy atom. The van der Waals surface area contributed by atoms with Gasteiger partial charge in [-0.2, -0.15) is 0 Å². The monoisotopic (exact) mass is 255 g/mol. The minimum absolute atomic E-state index is 0.0102. The van der Waals surface area contributed by atoms with Gasteiger partial charge in [0.05, 0.1) is 5.60 Å². The summed E-state index contributed by atoms with van der Waals surface area (Å²) in [5.74, 6) is -0.0328. The summed E-state index contributed by atoms with van der Waals surface area (Å²) in [4.78, 5) is 24.6. The van der Waals surface area contributed by atoms with E-state index in [9.17, 15) is 9.59 Å². The van der Waals surface area contributed by atoms with Crippen LogP contribution >= 0.6 is 0 Å². The number of nitrogens with zero attached hydrogens (tertiary/aromatic N) is 1. The standard InChI is InChI=1S/C12H21N3O3/c1-9(16)14-10-3-4-15(5-10)11(17)6-18-12(2)7-13-8-12/h10,13H,3-8H2,1-2H3,(H,14,16). The molecular weight excluding hydrogens is 234 g/mol. The summed E-state index contributed by atoms with van der Waals surface area (Å²) in [6.45, 7) is 6.52. The molecule has 2 heterocycles. The van der Waals surface area contributed by atoms with Crippen molar-refractivity contribution in [3.05, 3.63) is 0 Å². The Labute approximate surface area is 107 Å². The second kappa shape index (κ2) is 5.24. The lowest BCUT2D eigenvalue weighted by molar-refractivity contribution is -0.145. The van der Waals surface area contributed by atoms with Crippen LogP contribution < -0.4 is 10.6 Å². The SMILES string of the molecule is CC(=O)NC1CCN(C(=O)COC2(C)CNC2)C1. The van der Waals surface area contributed by atoms with Gasteiger partial charge in [0.2, 0.25) is 11.8 Å². The number of hydrogen-bond acceptors (Lipinski definition) is 4. The van der Waals surface area contributed by atoms with Crippen LogP contribution in [0, 0.1) is 0 Å². The van der Waals surface area contributed by atoms with Crippen LogP contribution in [0.3, 0.4) is 0 Å². The van der Waals surface area contributed by atoms with Gasteiger partial charge in [-0.3, -0.25) is 9.59 Å². The first kappa shape index (κ1) is 13.3. The normalized spacial score (nSPS) is 25.7. The summed E-state index contributed by atoms with van der Waals surface area (Å²) < 4.78 is 5.61. The number of ether oxygens (including phenoxy) is 1. The van der Waals surface area contributed by atoms with Gasteiger partial charge in [-0.1, -0.05) is 0 Å². The first-order valence-electron chi connectivity index (χ1n) is 6.38. The maximum Gasteiger partial charge on any atom is 0.248 e. The number of carbonyl (C=O) groups excluding carboxylic acids is 2. The van der Waals surface area contributed by atoms with Crippen molar-refractivity contribution in [1.82, 2.24) is 15.5 Å². The topological polar surface area (TPSA) is 70.7 Å². The van der Waals surface area contributed by atoms with Gasteiger partial charge in [0.15, 0.2) is 0 Å². The predicted molar refractivity (Wildman–Crippen MR) is 66.0 cm³/mol. The molecule has 2 amide bonds. The van der Waals surface area contributed by atoms with Crippen LogP contribution in [-0.4, -0.2) is 61.1 Å². The fraction of sp³-hybridized carbons (Fsp3) is 0.833. The summed E-state index contributed by atoms with van der Waals surface area (Å²) in [7, 11) is 0. The molecule has 0 radical (unpaired) electrons. The molecule has 0 saturated carbocycles. The third-order valence-corrected chi connectivity index (χ3v) is 3.49. The third-order valence-electron chi connectivity index (χ3n) is 3.49. The fourth-order valence-electron chi connectivity index (χ4n) is 2.30. The fourth-order valence-corrected chi connectivity index (χ4v) is 2.30. The number of hydrogen-bond donors (Lipinski definition) is 2. The largest absolute Gasteiger partial charge is 0.363 e. The van der Waals surface area contributed by atoms with E-state index in [0.29, 0.717) is 13.1 Å². The van der Waals surface area contributed by atoms with E-state index in [2.05, 4.69) is 10.6 Å². The van der Waals surface area contributed by atoms with Crippen LogP contribution in [0.2, 0.25) is 0 Å². The van der Waals surface area contributed by atoms with Crippen LogP contribution in [0.5, 0.6) is 0 Å². The van der Waals surface area contributed by atoms with E-state index in [0.717, 1.165) is 19.5 Å². The molecule has 6 nitrogen and oxygen atoms in total. The molecule has 1 atom stereocenters. The Morgan fingerprint density at radius 2 is 2.22 bits per heavy atom. The van der Waals surface area contributed by atoms with E-state index < -0.39 is 0 Å². The first-order valence-corrected chi connectivity index (χ1v) is 6.38. The lowest BCUT2D eigenvalue weighted by Gasteiger charge is -2.39. The highest BCUT2D eigenvalue weighted by molar-refractivity contribution is 5.78. The molecule has 1 unspecified atom stereocenters. The highest BCUT2D eigenvalue weighted by Gasteiger charge is 2.34. The van der Waals surface area contributed by atoms with Gasteiger partial charge in [0, 0.05) is 39.1 Å². The Hall–Kier alpha value is -1.14. The number of carbonyl (C=O) groups is 2. The minimum Gasteiger partial charge on any atom is -0.363 e. The van der Waals surface area contributed by atoms with Crippen molar-refractivity contribution in [1.29, 1.82) is 0 Å². The van der Waals surface area contributed by atoms with Crippen molar-refractivity contribution in [2.24, 2.45) is 0 Å². The Morgan fingerprint density at radius 1 is 1.50 bits per heavy atom. The van der Waals surface area contributed by atoms with Crippen LogP contribution in [0.25, 0.3) is 0 Å². The molecule has 2 rings (SSSR count). The summed E-state index contributed by atoms with van der Waals surface area (Å²) in [6.07, 6.45) is 0.824. The maximum absolute atomic E-state index is 11.9. The van der Waals surface area contributed by atoms with Crippen LogP contribution in [0.4, 0.5) is 0 Å². The number of rotatable bonds is 4. The molecule has 2 fully saturated rings. The smallest absolute Gasteiger partial charge is 0.248 e. The molecule has 2 saturated heterocycles. The molecule has 0 aromatic rings. The summed E-state index contributed by atoms with van der Waals surface area (Å²) in [5, 5.41) is 5.96. The van der Waals surface area contributed by atoms with Crippen LogP contribution in [0.1, 0.15) is 20.3 Å². The second-order valence-electron chi connectivity index (χ2n) is 5.37. The molecule has 0 aliphatic carbocycles. The zero-order valence-corrected chi connectivity index (χ0v) is 11.0. The van der Waals surface area contributed by atoms with Crippen molar-refractivity contribution < 1.29 is 14.3 Å². The third kappa shape index (κ3) is 3.20. The number of nitrogens with one attached hydrogen (secondary N) is 2.